The lowest BCUT2D eigenvalue weighted by molar-refractivity contribution is -0.198. The number of carbonyl (C=O) groups is 2. The van der Waals surface area contributed by atoms with Gasteiger partial charge in [-0.3, -0.25) is 4.79 Å². The van der Waals surface area contributed by atoms with Gasteiger partial charge in [0.05, 0.1) is 12.7 Å². The fourth-order valence-electron chi connectivity index (χ4n) is 2.95. The molecule has 1 atom stereocenters. The van der Waals surface area contributed by atoms with Gasteiger partial charge in [-0.1, -0.05) is 0 Å². The van der Waals surface area contributed by atoms with Crippen molar-refractivity contribution in [1.29, 1.82) is 0 Å². The fraction of sp³-hybridized carbons (Fsp3) is 0.200. The molecule has 4 aromatic rings. The number of benzene rings is 1. The number of fused-ring (bicyclic) bond motifs is 2. The van der Waals surface area contributed by atoms with Gasteiger partial charge in [0.1, 0.15) is 22.7 Å². The molecule has 12 heteroatoms. The summed E-state index contributed by atoms with van der Waals surface area (Å²) in [5, 5.41) is 6.84. The van der Waals surface area contributed by atoms with Crippen LogP contribution < -0.4 is 5.32 Å². The molecule has 0 aliphatic heterocycles. The van der Waals surface area contributed by atoms with E-state index in [9.17, 15) is 27.2 Å². The van der Waals surface area contributed by atoms with E-state index >= 15 is 0 Å². The van der Waals surface area contributed by atoms with Gasteiger partial charge >= 0.3 is 12.1 Å². The van der Waals surface area contributed by atoms with Crippen molar-refractivity contribution in [3.05, 3.63) is 65.6 Å². The van der Waals surface area contributed by atoms with Crippen molar-refractivity contribution < 1.29 is 36.3 Å². The predicted octanol–water partition coefficient (Wildman–Crippen LogP) is 3.65. The summed E-state index contributed by atoms with van der Waals surface area (Å²) >= 11 is 0. The molecule has 3 heterocycles. The Balaban J connectivity index is 1.55. The summed E-state index contributed by atoms with van der Waals surface area (Å²) in [6.45, 7) is 0.487. The standard InChI is InChI=1S/C20H14F4N4O4/c1-10(20(22,23)24)31-19(30)15-14(21)4-3-11-7-12(32-16(11)15)8-26-18(29)13-9-27-28-6-2-5-25-17(13)28/h2-7,9-10H,8H2,1H3,(H,26,29). The minimum Gasteiger partial charge on any atom is -0.458 e. The zero-order valence-corrected chi connectivity index (χ0v) is 16.3. The molecule has 166 valence electrons. The van der Waals surface area contributed by atoms with E-state index in [1.165, 1.54) is 29.0 Å². The molecule has 1 unspecified atom stereocenters. The van der Waals surface area contributed by atoms with Crippen molar-refractivity contribution >= 4 is 28.5 Å². The average molecular weight is 450 g/mol. The minimum atomic E-state index is -4.80. The van der Waals surface area contributed by atoms with Crippen LogP contribution in [-0.2, 0) is 11.3 Å². The Bertz CT molecular complexity index is 1330. The number of hydrogen-bond donors (Lipinski definition) is 1. The van der Waals surface area contributed by atoms with Gasteiger partial charge in [0, 0.05) is 17.8 Å². The molecule has 8 nitrogen and oxygen atoms in total. The van der Waals surface area contributed by atoms with Crippen LogP contribution in [0.15, 0.2) is 47.3 Å². The summed E-state index contributed by atoms with van der Waals surface area (Å²) < 4.78 is 63.5. The van der Waals surface area contributed by atoms with Crippen LogP contribution >= 0.6 is 0 Å². The van der Waals surface area contributed by atoms with Gasteiger partial charge in [-0.25, -0.2) is 18.7 Å². The van der Waals surface area contributed by atoms with Crippen molar-refractivity contribution in [3.63, 3.8) is 0 Å². The summed E-state index contributed by atoms with van der Waals surface area (Å²) in [6.07, 6.45) is -2.78. The van der Waals surface area contributed by atoms with E-state index in [1.54, 1.807) is 12.3 Å². The van der Waals surface area contributed by atoms with Gasteiger partial charge in [-0.05, 0) is 31.2 Å². The smallest absolute Gasteiger partial charge is 0.425 e. The molecule has 0 spiro atoms. The number of ether oxygens (including phenoxy) is 1. The number of furan rings is 1. The molecule has 0 fully saturated rings. The average Bonchev–Trinajstić information content (AvgIpc) is 3.35. The Labute approximate surface area is 176 Å². The van der Waals surface area contributed by atoms with E-state index in [0.29, 0.717) is 12.6 Å². The number of amides is 1. The van der Waals surface area contributed by atoms with E-state index in [4.69, 9.17) is 4.42 Å². The fourth-order valence-corrected chi connectivity index (χ4v) is 2.95. The predicted molar refractivity (Wildman–Crippen MR) is 101 cm³/mol. The van der Waals surface area contributed by atoms with E-state index < -0.39 is 35.5 Å². The Kier molecular flexibility index (Phi) is 5.28. The second-order valence-electron chi connectivity index (χ2n) is 6.77. The quantitative estimate of drug-likeness (QED) is 0.368. The summed E-state index contributed by atoms with van der Waals surface area (Å²) in [4.78, 5) is 28.7. The zero-order valence-electron chi connectivity index (χ0n) is 16.3. The number of esters is 1. The third-order valence-corrected chi connectivity index (χ3v) is 4.58. The molecule has 1 amide bonds. The third-order valence-electron chi connectivity index (χ3n) is 4.58. The molecule has 3 aromatic heterocycles. The first-order valence-electron chi connectivity index (χ1n) is 9.20. The van der Waals surface area contributed by atoms with Crippen molar-refractivity contribution in [2.24, 2.45) is 0 Å². The van der Waals surface area contributed by atoms with Crippen LogP contribution in [0.4, 0.5) is 17.6 Å². The molecule has 0 aliphatic carbocycles. The van der Waals surface area contributed by atoms with Crippen molar-refractivity contribution in [1.82, 2.24) is 19.9 Å². The Morgan fingerprint density at radius 1 is 1.31 bits per heavy atom. The first-order valence-corrected chi connectivity index (χ1v) is 9.20. The van der Waals surface area contributed by atoms with Crippen LogP contribution in [0.3, 0.4) is 0 Å². The molecule has 4 rings (SSSR count). The molecular weight excluding hydrogens is 436 g/mol. The van der Waals surface area contributed by atoms with Crippen LogP contribution in [0.1, 0.15) is 33.4 Å². The normalized spacial score (nSPS) is 12.8. The number of nitrogens with one attached hydrogen (secondary N) is 1. The number of aromatic nitrogens is 3. The molecule has 0 aliphatic rings. The molecule has 0 bridgehead atoms. The number of nitrogens with zero attached hydrogens (tertiary/aromatic N) is 3. The highest BCUT2D eigenvalue weighted by Crippen LogP contribution is 2.29. The number of hydrogen-bond acceptors (Lipinski definition) is 6. The largest absolute Gasteiger partial charge is 0.458 e. The van der Waals surface area contributed by atoms with E-state index in [2.05, 4.69) is 20.1 Å². The van der Waals surface area contributed by atoms with Gasteiger partial charge in [0.15, 0.2) is 17.3 Å². The van der Waals surface area contributed by atoms with Crippen LogP contribution in [0.25, 0.3) is 16.6 Å². The topological polar surface area (TPSA) is 98.7 Å². The first-order chi connectivity index (χ1) is 15.1. The van der Waals surface area contributed by atoms with Gasteiger partial charge in [0.2, 0.25) is 0 Å². The summed E-state index contributed by atoms with van der Waals surface area (Å²) in [7, 11) is 0. The van der Waals surface area contributed by atoms with Crippen LogP contribution in [0.2, 0.25) is 0 Å². The molecular formula is C20H14F4N4O4. The third kappa shape index (κ3) is 3.98. The van der Waals surface area contributed by atoms with E-state index in [0.717, 1.165) is 6.07 Å². The number of rotatable bonds is 5. The molecule has 1 aromatic carbocycles. The summed E-state index contributed by atoms with van der Waals surface area (Å²) in [5.74, 6) is -2.98. The van der Waals surface area contributed by atoms with E-state index in [1.807, 2.05) is 0 Å². The lowest BCUT2D eigenvalue weighted by Gasteiger charge is -2.16. The Hall–Kier alpha value is -3.96. The summed E-state index contributed by atoms with van der Waals surface area (Å²) in [6, 6.07) is 5.28. The minimum absolute atomic E-state index is 0.140. The lowest BCUT2D eigenvalue weighted by atomic mass is 10.1. The molecule has 32 heavy (non-hydrogen) atoms. The summed E-state index contributed by atoms with van der Waals surface area (Å²) in [5.41, 5.74) is -0.507. The van der Waals surface area contributed by atoms with Gasteiger partial charge < -0.3 is 14.5 Å². The van der Waals surface area contributed by atoms with E-state index in [-0.39, 0.29) is 28.8 Å². The van der Waals surface area contributed by atoms with Gasteiger partial charge in [-0.2, -0.15) is 18.3 Å². The maximum atomic E-state index is 14.2. The first kappa shape index (κ1) is 21.3. The van der Waals surface area contributed by atoms with Crippen molar-refractivity contribution in [3.8, 4) is 0 Å². The highest BCUT2D eigenvalue weighted by atomic mass is 19.4. The van der Waals surface area contributed by atoms with Gasteiger partial charge in [0.25, 0.3) is 5.91 Å². The van der Waals surface area contributed by atoms with Crippen molar-refractivity contribution in [2.45, 2.75) is 25.7 Å². The Morgan fingerprint density at radius 3 is 2.84 bits per heavy atom. The molecule has 1 N–H and O–H groups in total. The second kappa shape index (κ2) is 7.94. The van der Waals surface area contributed by atoms with Crippen LogP contribution in [0.5, 0.6) is 0 Å². The van der Waals surface area contributed by atoms with Crippen LogP contribution in [0, 0.1) is 5.82 Å². The van der Waals surface area contributed by atoms with Crippen molar-refractivity contribution in [2.75, 3.05) is 0 Å². The zero-order chi connectivity index (χ0) is 23.0. The Morgan fingerprint density at radius 2 is 2.09 bits per heavy atom. The lowest BCUT2D eigenvalue weighted by Crippen LogP contribution is -2.31. The highest BCUT2D eigenvalue weighted by Gasteiger charge is 2.40. The molecule has 0 saturated carbocycles. The second-order valence-corrected chi connectivity index (χ2v) is 6.77. The maximum absolute atomic E-state index is 14.2. The number of carbonyl (C=O) groups excluding carboxylic acids is 2. The monoisotopic (exact) mass is 450 g/mol. The number of alkyl halides is 3. The SMILES string of the molecule is CC(OC(=O)c1c(F)ccc2cc(CNC(=O)c3cnn4cccnc34)oc12)C(F)(F)F. The number of halogens is 4. The van der Waals surface area contributed by atoms with Crippen LogP contribution in [-0.4, -0.2) is 38.8 Å². The molecule has 0 saturated heterocycles. The highest BCUT2D eigenvalue weighted by molar-refractivity contribution is 6.02. The maximum Gasteiger partial charge on any atom is 0.425 e. The molecule has 0 radical (unpaired) electrons. The van der Waals surface area contributed by atoms with Gasteiger partial charge in [-0.15, -0.1) is 0 Å².